The molecule has 0 spiro atoms. The highest BCUT2D eigenvalue weighted by molar-refractivity contribution is 4.88. The lowest BCUT2D eigenvalue weighted by molar-refractivity contribution is 0.141. The fourth-order valence-corrected chi connectivity index (χ4v) is 0.658. The van der Waals surface area contributed by atoms with Crippen LogP contribution in [0.5, 0.6) is 0 Å². The lowest BCUT2D eigenvalue weighted by Gasteiger charge is -2.10. The molecule has 0 rings (SSSR count). The van der Waals surface area contributed by atoms with Gasteiger partial charge in [0.2, 0.25) is 0 Å². The maximum atomic E-state index is 5.41. The Morgan fingerprint density at radius 2 is 2.11 bits per heavy atom. The summed E-state index contributed by atoms with van der Waals surface area (Å²) in [5, 5.41) is 0. The number of rotatable bonds is 3. The quantitative estimate of drug-likeness (QED) is 0.531. The van der Waals surface area contributed by atoms with Gasteiger partial charge in [-0.05, 0) is 26.8 Å². The molecule has 0 heterocycles. The van der Waals surface area contributed by atoms with E-state index < -0.39 is 0 Å². The third-order valence-electron chi connectivity index (χ3n) is 1.06. The summed E-state index contributed by atoms with van der Waals surface area (Å²) in [5.41, 5.74) is 0. The summed E-state index contributed by atoms with van der Waals surface area (Å²) in [7, 11) is 0. The van der Waals surface area contributed by atoms with Crippen LogP contribution in [0.15, 0.2) is 11.8 Å². The molecule has 0 aliphatic heterocycles. The predicted molar refractivity (Wildman–Crippen MR) is 40.3 cm³/mol. The van der Waals surface area contributed by atoms with Gasteiger partial charge in [-0.25, -0.2) is 0 Å². The first kappa shape index (κ1) is 8.54. The molecule has 0 aliphatic carbocycles. The minimum Gasteiger partial charge on any atom is -0.496 e. The van der Waals surface area contributed by atoms with Crippen LogP contribution in [0, 0.1) is 0 Å². The average molecular weight is 128 g/mol. The highest BCUT2D eigenvalue weighted by Crippen LogP contribution is 2.05. The lowest BCUT2D eigenvalue weighted by Crippen LogP contribution is -2.00. The molecule has 54 valence electrons. The van der Waals surface area contributed by atoms with E-state index in [1.165, 1.54) is 0 Å². The SMILES string of the molecule is CC=C(CC)OC(C)C. The molecule has 0 saturated heterocycles. The molecule has 0 aromatic heterocycles. The molecule has 0 amide bonds. The van der Waals surface area contributed by atoms with Crippen LogP contribution in [-0.2, 0) is 4.74 Å². The van der Waals surface area contributed by atoms with Gasteiger partial charge in [0.25, 0.3) is 0 Å². The Hall–Kier alpha value is -0.460. The minimum absolute atomic E-state index is 0.316. The van der Waals surface area contributed by atoms with Crippen LogP contribution < -0.4 is 0 Å². The smallest absolute Gasteiger partial charge is 0.0926 e. The van der Waals surface area contributed by atoms with Gasteiger partial charge in [-0.3, -0.25) is 0 Å². The molecule has 0 unspecified atom stereocenters. The molecule has 9 heavy (non-hydrogen) atoms. The fourth-order valence-electron chi connectivity index (χ4n) is 0.658. The normalized spacial score (nSPS) is 12.3. The van der Waals surface area contributed by atoms with Crippen molar-refractivity contribution in [3.05, 3.63) is 11.8 Å². The van der Waals surface area contributed by atoms with E-state index >= 15 is 0 Å². The van der Waals surface area contributed by atoms with Crippen molar-refractivity contribution in [1.82, 2.24) is 0 Å². The van der Waals surface area contributed by atoms with Crippen molar-refractivity contribution in [2.75, 3.05) is 0 Å². The molecule has 0 atom stereocenters. The summed E-state index contributed by atoms with van der Waals surface area (Å²) in [4.78, 5) is 0. The summed E-state index contributed by atoms with van der Waals surface area (Å²) >= 11 is 0. The van der Waals surface area contributed by atoms with Crippen LogP contribution in [0.1, 0.15) is 34.1 Å². The van der Waals surface area contributed by atoms with Crippen LogP contribution >= 0.6 is 0 Å². The van der Waals surface area contributed by atoms with Crippen LogP contribution in [0.25, 0.3) is 0 Å². The highest BCUT2D eigenvalue weighted by atomic mass is 16.5. The summed E-state index contributed by atoms with van der Waals surface area (Å²) in [6, 6.07) is 0. The first-order valence-electron chi connectivity index (χ1n) is 3.52. The lowest BCUT2D eigenvalue weighted by atomic mass is 10.3. The zero-order chi connectivity index (χ0) is 7.28. The van der Waals surface area contributed by atoms with Gasteiger partial charge >= 0.3 is 0 Å². The molecule has 1 heteroatoms. The van der Waals surface area contributed by atoms with Crippen molar-refractivity contribution in [3.63, 3.8) is 0 Å². The second kappa shape index (κ2) is 4.42. The second-order valence-corrected chi connectivity index (χ2v) is 2.28. The third-order valence-corrected chi connectivity index (χ3v) is 1.06. The van der Waals surface area contributed by atoms with Gasteiger partial charge in [0.15, 0.2) is 0 Å². The maximum Gasteiger partial charge on any atom is 0.0926 e. The monoisotopic (exact) mass is 128 g/mol. The van der Waals surface area contributed by atoms with E-state index in [0.717, 1.165) is 12.2 Å². The van der Waals surface area contributed by atoms with Crippen molar-refractivity contribution in [1.29, 1.82) is 0 Å². The molecular weight excluding hydrogens is 112 g/mol. The van der Waals surface area contributed by atoms with E-state index in [9.17, 15) is 0 Å². The Labute approximate surface area is 57.7 Å². The Kier molecular flexibility index (Phi) is 4.20. The van der Waals surface area contributed by atoms with Crippen LogP contribution in [0.2, 0.25) is 0 Å². The van der Waals surface area contributed by atoms with E-state index in [2.05, 4.69) is 6.92 Å². The van der Waals surface area contributed by atoms with E-state index in [1.807, 2.05) is 26.8 Å². The molecule has 0 aromatic rings. The molecule has 0 N–H and O–H groups in total. The molecule has 0 aliphatic rings. The van der Waals surface area contributed by atoms with Crippen molar-refractivity contribution >= 4 is 0 Å². The minimum atomic E-state index is 0.316. The molecule has 0 aromatic carbocycles. The highest BCUT2D eigenvalue weighted by Gasteiger charge is 1.94. The Morgan fingerprint density at radius 3 is 2.22 bits per heavy atom. The van der Waals surface area contributed by atoms with Crippen LogP contribution in [0.4, 0.5) is 0 Å². The first-order chi connectivity index (χ1) is 4.20. The van der Waals surface area contributed by atoms with Gasteiger partial charge in [-0.2, -0.15) is 0 Å². The number of hydrogen-bond acceptors (Lipinski definition) is 1. The summed E-state index contributed by atoms with van der Waals surface area (Å²) in [6.45, 7) is 8.18. The number of hydrogen-bond donors (Lipinski definition) is 0. The van der Waals surface area contributed by atoms with Gasteiger partial charge in [0, 0.05) is 6.42 Å². The van der Waals surface area contributed by atoms with Gasteiger partial charge < -0.3 is 4.74 Å². The molecule has 0 saturated carbocycles. The number of ether oxygens (including phenoxy) is 1. The average Bonchev–Trinajstić information content (AvgIpc) is 1.82. The third kappa shape index (κ3) is 4.07. The largest absolute Gasteiger partial charge is 0.496 e. The standard InChI is InChI=1S/C8H16O/c1-5-8(6-2)9-7(3)4/h5,7H,6H2,1-4H3. The summed E-state index contributed by atoms with van der Waals surface area (Å²) in [6.07, 6.45) is 3.32. The molecule has 0 bridgehead atoms. The Morgan fingerprint density at radius 1 is 1.56 bits per heavy atom. The molecule has 1 nitrogen and oxygen atoms in total. The van der Waals surface area contributed by atoms with Gasteiger partial charge in [0.05, 0.1) is 11.9 Å². The predicted octanol–water partition coefficient (Wildman–Crippen LogP) is 2.73. The van der Waals surface area contributed by atoms with Gasteiger partial charge in [-0.1, -0.05) is 6.92 Å². The van der Waals surface area contributed by atoms with Crippen molar-refractivity contribution < 1.29 is 4.74 Å². The van der Waals surface area contributed by atoms with Gasteiger partial charge in [0.1, 0.15) is 0 Å². The zero-order valence-electron chi connectivity index (χ0n) is 6.77. The zero-order valence-corrected chi connectivity index (χ0v) is 6.77. The Balaban J connectivity index is 3.58. The topological polar surface area (TPSA) is 9.23 Å². The number of allylic oxidation sites excluding steroid dienone is 2. The van der Waals surface area contributed by atoms with E-state index in [1.54, 1.807) is 0 Å². The molecule has 0 radical (unpaired) electrons. The Bertz CT molecular complexity index is 92.7. The van der Waals surface area contributed by atoms with Crippen molar-refractivity contribution in [3.8, 4) is 0 Å². The van der Waals surface area contributed by atoms with E-state index in [-0.39, 0.29) is 0 Å². The van der Waals surface area contributed by atoms with Crippen LogP contribution in [-0.4, -0.2) is 6.10 Å². The fraction of sp³-hybridized carbons (Fsp3) is 0.750. The van der Waals surface area contributed by atoms with E-state index in [0.29, 0.717) is 6.10 Å². The summed E-state index contributed by atoms with van der Waals surface area (Å²) < 4.78 is 5.41. The first-order valence-corrected chi connectivity index (χ1v) is 3.52. The second-order valence-electron chi connectivity index (χ2n) is 2.28. The summed E-state index contributed by atoms with van der Waals surface area (Å²) in [5.74, 6) is 1.09. The maximum absolute atomic E-state index is 5.41. The van der Waals surface area contributed by atoms with Crippen LogP contribution in [0.3, 0.4) is 0 Å². The van der Waals surface area contributed by atoms with E-state index in [4.69, 9.17) is 4.74 Å². The molecule has 0 fully saturated rings. The van der Waals surface area contributed by atoms with Crippen molar-refractivity contribution in [2.45, 2.75) is 40.2 Å². The van der Waals surface area contributed by atoms with Gasteiger partial charge in [-0.15, -0.1) is 0 Å². The molecular formula is C8H16O. The van der Waals surface area contributed by atoms with Crippen molar-refractivity contribution in [2.24, 2.45) is 0 Å².